The fraction of sp³-hybridized carbons (Fsp3) is 0.308. The molecular formula is C13H15IrN2-. The third-order valence-electron chi connectivity index (χ3n) is 2.39. The van der Waals surface area contributed by atoms with Gasteiger partial charge in [-0.15, -0.1) is 17.8 Å². The molecule has 0 aliphatic heterocycles. The molecule has 0 N–H and O–H groups in total. The van der Waals surface area contributed by atoms with Crippen LogP contribution < -0.4 is 0 Å². The first-order valence-corrected chi connectivity index (χ1v) is 5.09. The minimum absolute atomic E-state index is 0. The molecule has 0 spiro atoms. The quantitative estimate of drug-likeness (QED) is 0.684. The summed E-state index contributed by atoms with van der Waals surface area (Å²) in [6.45, 7) is 6.58. The molecule has 0 unspecified atom stereocenters. The number of pyridine rings is 1. The van der Waals surface area contributed by atoms with Crippen LogP contribution >= 0.6 is 0 Å². The van der Waals surface area contributed by atoms with Gasteiger partial charge in [0.2, 0.25) is 0 Å². The van der Waals surface area contributed by atoms with E-state index >= 15 is 0 Å². The van der Waals surface area contributed by atoms with Crippen LogP contribution in [0.15, 0.2) is 36.7 Å². The molecular weight excluding hydrogens is 376 g/mol. The van der Waals surface area contributed by atoms with Gasteiger partial charge in [0.05, 0.1) is 5.82 Å². The zero-order valence-electron chi connectivity index (χ0n) is 9.69. The Hall–Kier alpha value is -0.921. The van der Waals surface area contributed by atoms with Gasteiger partial charge in [-0.2, -0.15) is 0 Å². The van der Waals surface area contributed by atoms with Gasteiger partial charge in [0.25, 0.3) is 0 Å². The van der Waals surface area contributed by atoms with Crippen LogP contribution in [0.4, 0.5) is 0 Å². The van der Waals surface area contributed by atoms with Gasteiger partial charge in [0.15, 0.2) is 0 Å². The first-order valence-electron chi connectivity index (χ1n) is 5.09. The van der Waals surface area contributed by atoms with Gasteiger partial charge in [-0.3, -0.25) is 4.98 Å². The summed E-state index contributed by atoms with van der Waals surface area (Å²) in [6.07, 6.45) is 7.06. The van der Waals surface area contributed by atoms with Crippen LogP contribution in [0.25, 0.3) is 5.82 Å². The minimum atomic E-state index is 0. The van der Waals surface area contributed by atoms with Crippen molar-refractivity contribution in [1.82, 2.24) is 9.55 Å². The molecule has 0 aliphatic carbocycles. The van der Waals surface area contributed by atoms with E-state index in [0.29, 0.717) is 0 Å². The summed E-state index contributed by atoms with van der Waals surface area (Å²) in [4.78, 5) is 4.28. The molecule has 16 heavy (non-hydrogen) atoms. The Bertz CT molecular complexity index is 440. The summed E-state index contributed by atoms with van der Waals surface area (Å²) in [7, 11) is 0. The normalized spacial score (nSPS) is 10.9. The monoisotopic (exact) mass is 392 g/mol. The zero-order valence-corrected chi connectivity index (χ0v) is 12.1. The van der Waals surface area contributed by atoms with Gasteiger partial charge < -0.3 is 4.57 Å². The number of rotatable bonds is 1. The third-order valence-corrected chi connectivity index (χ3v) is 2.39. The average Bonchev–Trinajstić information content (AvgIpc) is 2.67. The van der Waals surface area contributed by atoms with Crippen molar-refractivity contribution >= 4 is 0 Å². The fourth-order valence-corrected chi connectivity index (χ4v) is 1.39. The van der Waals surface area contributed by atoms with Crippen molar-refractivity contribution < 1.29 is 20.1 Å². The zero-order chi connectivity index (χ0) is 10.9. The molecule has 0 saturated heterocycles. The predicted molar refractivity (Wildman–Crippen MR) is 61.1 cm³/mol. The average molecular weight is 391 g/mol. The van der Waals surface area contributed by atoms with Crippen LogP contribution in [-0.2, 0) is 25.5 Å². The Morgan fingerprint density at radius 1 is 1.25 bits per heavy atom. The molecule has 0 bridgehead atoms. The van der Waals surface area contributed by atoms with Gasteiger partial charge in [0, 0.05) is 26.3 Å². The minimum Gasteiger partial charge on any atom is -0.435 e. The molecule has 0 fully saturated rings. The summed E-state index contributed by atoms with van der Waals surface area (Å²) in [6, 6.07) is 7.89. The molecule has 2 aromatic rings. The fourth-order valence-electron chi connectivity index (χ4n) is 1.39. The second-order valence-corrected chi connectivity index (χ2v) is 4.67. The first-order chi connectivity index (χ1) is 7.07. The summed E-state index contributed by atoms with van der Waals surface area (Å²) < 4.78 is 1.93. The molecule has 0 amide bonds. The molecule has 1 radical (unpaired) electrons. The molecule has 2 nitrogen and oxygen atoms in total. The second kappa shape index (κ2) is 4.94. The van der Waals surface area contributed by atoms with E-state index in [-0.39, 0.29) is 25.5 Å². The molecule has 2 aromatic heterocycles. The maximum atomic E-state index is 4.28. The smallest absolute Gasteiger partial charge is 0.0535 e. The van der Waals surface area contributed by atoms with Gasteiger partial charge in [-0.1, -0.05) is 44.5 Å². The van der Waals surface area contributed by atoms with Gasteiger partial charge in [0.1, 0.15) is 0 Å². The van der Waals surface area contributed by atoms with Gasteiger partial charge in [-0.25, -0.2) is 0 Å². The van der Waals surface area contributed by atoms with Gasteiger partial charge in [-0.05, 0) is 6.07 Å². The third kappa shape index (κ3) is 2.81. The van der Waals surface area contributed by atoms with Crippen LogP contribution in [0.3, 0.4) is 0 Å². The molecule has 2 heterocycles. The van der Waals surface area contributed by atoms with Crippen molar-refractivity contribution in [3.8, 4) is 5.82 Å². The predicted octanol–water partition coefficient (Wildman–Crippen LogP) is 2.97. The summed E-state index contributed by atoms with van der Waals surface area (Å²) >= 11 is 0. The first kappa shape index (κ1) is 13.1. The van der Waals surface area contributed by atoms with E-state index in [0.717, 1.165) is 5.82 Å². The number of hydrogen-bond donors (Lipinski definition) is 0. The Balaban J connectivity index is 0.00000128. The summed E-state index contributed by atoms with van der Waals surface area (Å²) in [5, 5.41) is 0. The summed E-state index contributed by atoms with van der Waals surface area (Å²) in [5.74, 6) is 0.910. The largest absolute Gasteiger partial charge is 0.435 e. The molecule has 0 aromatic carbocycles. The molecule has 0 saturated carbocycles. The Morgan fingerprint density at radius 3 is 2.50 bits per heavy atom. The van der Waals surface area contributed by atoms with Gasteiger partial charge >= 0.3 is 0 Å². The Kier molecular flexibility index (Phi) is 4.06. The van der Waals surface area contributed by atoms with Crippen molar-refractivity contribution in [3.63, 3.8) is 0 Å². The van der Waals surface area contributed by atoms with Crippen LogP contribution in [0.1, 0.15) is 26.3 Å². The number of aromatic nitrogens is 2. The Morgan fingerprint density at radius 2 is 2.00 bits per heavy atom. The summed E-state index contributed by atoms with van der Waals surface area (Å²) in [5.41, 5.74) is 1.43. The van der Waals surface area contributed by atoms with Crippen LogP contribution in [-0.4, -0.2) is 9.55 Å². The standard InChI is InChI=1S/C13H15N2.Ir/c1-13(2,3)11-7-9-15(10-11)12-6-4-5-8-14-12;/h4-8,10H,1-3H3;/q-1;. The van der Waals surface area contributed by atoms with E-state index in [1.165, 1.54) is 5.56 Å². The van der Waals surface area contributed by atoms with Crippen molar-refractivity contribution in [1.29, 1.82) is 0 Å². The van der Waals surface area contributed by atoms with Crippen molar-refractivity contribution in [2.24, 2.45) is 0 Å². The number of nitrogens with zero attached hydrogens (tertiary/aromatic N) is 2. The molecule has 0 atom stereocenters. The second-order valence-electron chi connectivity index (χ2n) is 4.67. The van der Waals surface area contributed by atoms with Crippen LogP contribution in [0.2, 0.25) is 0 Å². The molecule has 0 aliphatic rings. The van der Waals surface area contributed by atoms with E-state index in [1.807, 2.05) is 28.8 Å². The Labute approximate surface area is 110 Å². The van der Waals surface area contributed by atoms with E-state index in [4.69, 9.17) is 0 Å². The van der Waals surface area contributed by atoms with Crippen LogP contribution in [0, 0.1) is 6.20 Å². The topological polar surface area (TPSA) is 17.8 Å². The van der Waals surface area contributed by atoms with Crippen molar-refractivity contribution in [2.45, 2.75) is 26.2 Å². The van der Waals surface area contributed by atoms with E-state index < -0.39 is 0 Å². The van der Waals surface area contributed by atoms with Crippen molar-refractivity contribution in [2.75, 3.05) is 0 Å². The van der Waals surface area contributed by atoms with E-state index in [9.17, 15) is 0 Å². The SMILES string of the molecule is CC(C)(C)c1c[c-]n(-c2ccccn2)c1.[Ir]. The number of hydrogen-bond acceptors (Lipinski definition) is 1. The maximum Gasteiger partial charge on any atom is 0.0535 e. The van der Waals surface area contributed by atoms with E-state index in [2.05, 4.69) is 38.1 Å². The van der Waals surface area contributed by atoms with E-state index in [1.54, 1.807) is 6.20 Å². The molecule has 2 rings (SSSR count). The maximum absolute atomic E-state index is 4.28. The van der Waals surface area contributed by atoms with Crippen molar-refractivity contribution in [3.05, 3.63) is 48.4 Å². The van der Waals surface area contributed by atoms with Crippen LogP contribution in [0.5, 0.6) is 0 Å². The molecule has 3 heteroatoms. The molecule has 87 valence electrons.